The molecular formula is C35H45ClN2O6S. The predicted molar refractivity (Wildman–Crippen MR) is 177 cm³/mol. The second-order valence-electron chi connectivity index (χ2n) is 13.4. The molecule has 1 spiro atoms. The van der Waals surface area contributed by atoms with Gasteiger partial charge in [0.1, 0.15) is 5.75 Å². The summed E-state index contributed by atoms with van der Waals surface area (Å²) in [6.45, 7) is 6.19. The van der Waals surface area contributed by atoms with Crippen molar-refractivity contribution in [3.63, 3.8) is 0 Å². The Kier molecular flexibility index (Phi) is 9.53. The Morgan fingerprint density at radius 3 is 2.80 bits per heavy atom. The summed E-state index contributed by atoms with van der Waals surface area (Å²) in [6.07, 6.45) is 10.1. The van der Waals surface area contributed by atoms with Crippen molar-refractivity contribution >= 4 is 33.2 Å². The Morgan fingerprint density at radius 1 is 1.18 bits per heavy atom. The Labute approximate surface area is 272 Å². The van der Waals surface area contributed by atoms with E-state index in [1.165, 1.54) is 11.1 Å². The maximum Gasteiger partial charge on any atom is 0.264 e. The monoisotopic (exact) mass is 656 g/mol. The Hall–Kier alpha value is -2.59. The molecule has 244 valence electrons. The van der Waals surface area contributed by atoms with Crippen LogP contribution in [-0.2, 0) is 31.3 Å². The molecule has 1 fully saturated rings. The highest BCUT2D eigenvalue weighted by molar-refractivity contribution is 7.90. The van der Waals surface area contributed by atoms with Crippen molar-refractivity contribution in [1.29, 1.82) is 0 Å². The number of carbonyl (C=O) groups is 1. The third kappa shape index (κ3) is 6.78. The van der Waals surface area contributed by atoms with Gasteiger partial charge in [-0.25, -0.2) is 13.1 Å². The smallest absolute Gasteiger partial charge is 0.264 e. The number of ether oxygens (including phenoxy) is 3. The van der Waals surface area contributed by atoms with Crippen LogP contribution in [0.25, 0.3) is 0 Å². The number of anilines is 1. The van der Waals surface area contributed by atoms with E-state index >= 15 is 0 Å². The van der Waals surface area contributed by atoms with Crippen LogP contribution < -0.4 is 14.4 Å². The number of carbonyl (C=O) groups excluding carboxylic acids is 1. The predicted octanol–water partition coefficient (Wildman–Crippen LogP) is 6.06. The number of sulfonamides is 1. The van der Waals surface area contributed by atoms with Gasteiger partial charge in [0, 0.05) is 36.2 Å². The van der Waals surface area contributed by atoms with E-state index in [1.54, 1.807) is 20.1 Å². The summed E-state index contributed by atoms with van der Waals surface area (Å²) >= 11 is 6.43. The van der Waals surface area contributed by atoms with Crippen LogP contribution in [0.2, 0.25) is 5.02 Å². The zero-order valence-electron chi connectivity index (χ0n) is 26.5. The molecule has 0 aromatic heterocycles. The quantitative estimate of drug-likeness (QED) is 0.400. The summed E-state index contributed by atoms with van der Waals surface area (Å²) in [7, 11) is -2.19. The van der Waals surface area contributed by atoms with Crippen molar-refractivity contribution in [2.24, 2.45) is 11.8 Å². The molecule has 8 nitrogen and oxygen atoms in total. The average Bonchev–Trinajstić information content (AvgIpc) is 3.13. The summed E-state index contributed by atoms with van der Waals surface area (Å²) in [6, 6.07) is 11.5. The molecule has 6 rings (SSSR count). The Morgan fingerprint density at radius 2 is 2.02 bits per heavy atom. The van der Waals surface area contributed by atoms with Crippen LogP contribution in [0, 0.1) is 11.8 Å². The summed E-state index contributed by atoms with van der Waals surface area (Å²) < 4.78 is 47.1. The fourth-order valence-electron chi connectivity index (χ4n) is 7.63. The molecule has 1 saturated carbocycles. The van der Waals surface area contributed by atoms with Gasteiger partial charge in [0.2, 0.25) is 10.0 Å². The van der Waals surface area contributed by atoms with Gasteiger partial charge >= 0.3 is 0 Å². The van der Waals surface area contributed by atoms with Gasteiger partial charge in [-0.1, -0.05) is 29.8 Å². The number of methoxy groups -OCH3 is 1. The number of nitrogens with zero attached hydrogens (tertiary/aromatic N) is 1. The number of aryl methyl sites for hydroxylation is 1. The number of nitrogens with one attached hydrogen (secondary N) is 1. The van der Waals surface area contributed by atoms with Crippen LogP contribution in [0.15, 0.2) is 48.6 Å². The van der Waals surface area contributed by atoms with Gasteiger partial charge in [0.25, 0.3) is 5.91 Å². The van der Waals surface area contributed by atoms with Gasteiger partial charge in [-0.15, -0.1) is 0 Å². The van der Waals surface area contributed by atoms with Crippen molar-refractivity contribution in [2.45, 2.75) is 81.7 Å². The zero-order valence-corrected chi connectivity index (χ0v) is 28.0. The fourth-order valence-corrected chi connectivity index (χ4v) is 8.85. The molecule has 4 aliphatic rings. The molecule has 2 heterocycles. The first-order valence-electron chi connectivity index (χ1n) is 16.3. The molecule has 6 atom stereocenters. The van der Waals surface area contributed by atoms with Crippen molar-refractivity contribution in [3.05, 3.63) is 70.3 Å². The van der Waals surface area contributed by atoms with Crippen LogP contribution in [0.3, 0.4) is 0 Å². The number of amides is 1. The van der Waals surface area contributed by atoms with Gasteiger partial charge in [0.15, 0.2) is 0 Å². The average molecular weight is 657 g/mol. The van der Waals surface area contributed by atoms with E-state index in [1.807, 2.05) is 31.2 Å². The van der Waals surface area contributed by atoms with E-state index in [0.29, 0.717) is 49.2 Å². The van der Waals surface area contributed by atoms with Crippen LogP contribution in [0.5, 0.6) is 5.75 Å². The largest absolute Gasteiger partial charge is 0.490 e. The van der Waals surface area contributed by atoms with Gasteiger partial charge < -0.3 is 19.1 Å². The molecular weight excluding hydrogens is 612 g/mol. The van der Waals surface area contributed by atoms with Crippen LogP contribution in [0.1, 0.15) is 73.9 Å². The van der Waals surface area contributed by atoms with E-state index in [0.717, 1.165) is 55.9 Å². The zero-order chi connectivity index (χ0) is 31.8. The number of allylic oxidation sites excluding steroid dienone is 1. The molecule has 1 N–H and O–H groups in total. The lowest BCUT2D eigenvalue weighted by Gasteiger charge is -2.46. The van der Waals surface area contributed by atoms with E-state index in [2.05, 4.69) is 27.8 Å². The lowest BCUT2D eigenvalue weighted by atomic mass is 9.68. The molecule has 1 amide bonds. The molecule has 0 saturated heterocycles. The minimum Gasteiger partial charge on any atom is -0.490 e. The minimum atomic E-state index is -3.87. The number of hydrogen-bond donors (Lipinski definition) is 1. The SMILES string of the molecule is COC[C@@H](C)O[C@H]1/C=C/CC[C@@H](C)S(=O)(=O)NC(=O)c2ccc3c(c2)N(C[C@@H]2CC[C@H]21)C[C@@]1(CCCc2cc(Cl)ccc21)CO3. The third-order valence-electron chi connectivity index (χ3n) is 10.3. The highest BCUT2D eigenvalue weighted by atomic mass is 35.5. The van der Waals surface area contributed by atoms with Crippen molar-refractivity contribution in [2.75, 3.05) is 38.3 Å². The molecule has 10 heteroatoms. The lowest BCUT2D eigenvalue weighted by Crippen LogP contribution is -2.50. The highest BCUT2D eigenvalue weighted by Crippen LogP contribution is 2.47. The fraction of sp³-hybridized carbons (Fsp3) is 0.571. The van der Waals surface area contributed by atoms with Crippen LogP contribution in [-0.4, -0.2) is 65.2 Å². The first-order chi connectivity index (χ1) is 21.6. The molecule has 45 heavy (non-hydrogen) atoms. The maximum atomic E-state index is 13.4. The second-order valence-corrected chi connectivity index (χ2v) is 16.0. The summed E-state index contributed by atoms with van der Waals surface area (Å²) in [5.74, 6) is 0.766. The topological polar surface area (TPSA) is 94.2 Å². The molecule has 0 radical (unpaired) electrons. The van der Waals surface area contributed by atoms with E-state index < -0.39 is 21.2 Å². The minimum absolute atomic E-state index is 0.0743. The molecule has 2 aliphatic heterocycles. The molecule has 2 aliphatic carbocycles. The number of fused-ring (bicyclic) bond motifs is 4. The molecule has 2 aromatic rings. The Bertz CT molecular complexity index is 1550. The van der Waals surface area contributed by atoms with Gasteiger partial charge in [-0.3, -0.25) is 4.79 Å². The molecule has 2 bridgehead atoms. The summed E-state index contributed by atoms with van der Waals surface area (Å²) in [5, 5.41) is 0.00954. The number of rotatable bonds is 4. The first-order valence-corrected chi connectivity index (χ1v) is 18.2. The standard InChI is InChI=1S/C35H45ClN2O6S/c1-23(20-42-3)44-32-9-5-4-7-24(2)45(40,41)37-34(39)26-11-15-33-31(18-26)38(19-27-10-13-29(27)32)21-35(22-43-33)16-6-8-25-17-28(36)12-14-30(25)35/h5,9,11-12,14-15,17-18,23-24,27,29,32H,4,6-8,10,13,16,19-22H2,1-3H3,(H,37,39)/b9-5+/t23-,24-,27+,29-,32+,35+/m1/s1. The summed E-state index contributed by atoms with van der Waals surface area (Å²) in [5.41, 5.74) is 3.42. The highest BCUT2D eigenvalue weighted by Gasteiger charge is 2.44. The van der Waals surface area contributed by atoms with Crippen molar-refractivity contribution < 1.29 is 27.4 Å². The van der Waals surface area contributed by atoms with Crippen LogP contribution in [0.4, 0.5) is 5.69 Å². The van der Waals surface area contributed by atoms with Crippen molar-refractivity contribution in [3.8, 4) is 5.75 Å². The first kappa shape index (κ1) is 32.4. The van der Waals surface area contributed by atoms with E-state index in [-0.39, 0.29) is 17.6 Å². The third-order valence-corrected chi connectivity index (χ3v) is 12.3. The number of halogens is 1. The van der Waals surface area contributed by atoms with Gasteiger partial charge in [0.05, 0.1) is 36.4 Å². The number of hydrogen-bond acceptors (Lipinski definition) is 7. The second kappa shape index (κ2) is 13.3. The van der Waals surface area contributed by atoms with Gasteiger partial charge in [-0.2, -0.15) is 0 Å². The van der Waals surface area contributed by atoms with E-state index in [4.69, 9.17) is 25.8 Å². The lowest BCUT2D eigenvalue weighted by molar-refractivity contribution is -0.0716. The van der Waals surface area contributed by atoms with Crippen molar-refractivity contribution in [1.82, 2.24) is 4.72 Å². The van der Waals surface area contributed by atoms with E-state index in [9.17, 15) is 13.2 Å². The van der Waals surface area contributed by atoms with Crippen LogP contribution >= 0.6 is 11.6 Å². The van der Waals surface area contributed by atoms with Gasteiger partial charge in [-0.05, 0) is 112 Å². The maximum absolute atomic E-state index is 13.4. The Balaban J connectivity index is 1.41. The molecule has 0 unspecified atom stereocenters. The molecule has 2 aromatic carbocycles. The normalized spacial score (nSPS) is 30.9. The number of benzene rings is 2. The summed E-state index contributed by atoms with van der Waals surface area (Å²) in [4.78, 5) is 15.7.